The summed E-state index contributed by atoms with van der Waals surface area (Å²) in [6, 6.07) is 6.78. The van der Waals surface area contributed by atoms with Gasteiger partial charge in [-0.15, -0.1) is 0 Å². The molecule has 0 spiro atoms. The maximum absolute atomic E-state index is 12.5. The van der Waals surface area contributed by atoms with Gasteiger partial charge in [0.25, 0.3) is 0 Å². The van der Waals surface area contributed by atoms with E-state index < -0.39 is 12.1 Å². The number of rotatable bonds is 6. The average molecular weight is 369 g/mol. The number of carbonyl (C=O) groups excluding carboxylic acids is 1. The Hall–Kier alpha value is -2.38. The van der Waals surface area contributed by atoms with E-state index in [1.54, 1.807) is 29.2 Å². The van der Waals surface area contributed by atoms with Gasteiger partial charge in [-0.3, -0.25) is 4.79 Å². The quantitative estimate of drug-likeness (QED) is 0.750. The van der Waals surface area contributed by atoms with Crippen LogP contribution in [0.3, 0.4) is 0 Å². The maximum Gasteiger partial charge on any atom is 0.471 e. The van der Waals surface area contributed by atoms with Crippen LogP contribution in [0.15, 0.2) is 28.8 Å². The molecule has 0 aliphatic carbocycles. The number of nitrogens with zero attached hydrogens (tertiary/aromatic N) is 3. The Balaban J connectivity index is 2.15. The fraction of sp³-hybridized carbons (Fsp3) is 0.500. The lowest BCUT2D eigenvalue weighted by Gasteiger charge is -2.29. The minimum atomic E-state index is -4.67. The van der Waals surface area contributed by atoms with E-state index in [0.717, 1.165) is 12.0 Å². The number of halogens is 3. The number of alkyl halides is 3. The molecule has 0 radical (unpaired) electrons. The Kier molecular flexibility index (Phi) is 6.05. The topological polar surface area (TPSA) is 59.2 Å². The van der Waals surface area contributed by atoms with E-state index in [1.165, 1.54) is 0 Å². The summed E-state index contributed by atoms with van der Waals surface area (Å²) >= 11 is 0. The summed E-state index contributed by atoms with van der Waals surface area (Å²) in [7, 11) is 0. The Morgan fingerprint density at radius 1 is 1.19 bits per heavy atom. The monoisotopic (exact) mass is 369 g/mol. The van der Waals surface area contributed by atoms with E-state index in [4.69, 9.17) is 0 Å². The molecular weight excluding hydrogens is 347 g/mol. The first-order valence-corrected chi connectivity index (χ1v) is 8.44. The van der Waals surface area contributed by atoms with Crippen LogP contribution in [0.1, 0.15) is 45.6 Å². The molecule has 5 nitrogen and oxygen atoms in total. The molecule has 0 fully saturated rings. The second-order valence-corrected chi connectivity index (χ2v) is 6.49. The van der Waals surface area contributed by atoms with E-state index in [2.05, 4.69) is 14.7 Å². The molecular formula is C18H22F3N3O2. The lowest BCUT2D eigenvalue weighted by molar-refractivity contribution is -0.159. The first-order valence-electron chi connectivity index (χ1n) is 8.44. The van der Waals surface area contributed by atoms with Crippen molar-refractivity contribution in [2.45, 2.75) is 52.9 Å². The Morgan fingerprint density at radius 2 is 1.81 bits per heavy atom. The van der Waals surface area contributed by atoms with Crippen molar-refractivity contribution in [2.75, 3.05) is 0 Å². The molecule has 1 aromatic carbocycles. The fourth-order valence-corrected chi connectivity index (χ4v) is 2.38. The van der Waals surface area contributed by atoms with Crippen molar-refractivity contribution in [1.82, 2.24) is 15.0 Å². The molecule has 142 valence electrons. The third-order valence-electron chi connectivity index (χ3n) is 4.17. The van der Waals surface area contributed by atoms with E-state index in [0.29, 0.717) is 12.1 Å². The third kappa shape index (κ3) is 4.62. The number of benzene rings is 1. The minimum Gasteiger partial charge on any atom is -0.336 e. The SMILES string of the molecule is CCC(C)C(=O)N(Cc1ccc(-c2noc(C(F)(F)F)n2)cc1)C(C)C. The minimum absolute atomic E-state index is 0.0442. The van der Waals surface area contributed by atoms with Crippen molar-refractivity contribution in [3.63, 3.8) is 0 Å². The largest absolute Gasteiger partial charge is 0.471 e. The molecule has 26 heavy (non-hydrogen) atoms. The van der Waals surface area contributed by atoms with Crippen LogP contribution in [-0.2, 0) is 17.5 Å². The molecule has 0 aliphatic rings. The van der Waals surface area contributed by atoms with Crippen LogP contribution >= 0.6 is 0 Å². The molecule has 1 aromatic heterocycles. The number of hydrogen-bond acceptors (Lipinski definition) is 4. The average Bonchev–Trinajstić information content (AvgIpc) is 3.09. The van der Waals surface area contributed by atoms with Gasteiger partial charge in [-0.25, -0.2) is 0 Å². The lowest BCUT2D eigenvalue weighted by Crippen LogP contribution is -2.39. The van der Waals surface area contributed by atoms with Gasteiger partial charge in [-0.2, -0.15) is 18.2 Å². The van der Waals surface area contributed by atoms with Gasteiger partial charge >= 0.3 is 12.1 Å². The van der Waals surface area contributed by atoms with Gasteiger partial charge in [0.2, 0.25) is 11.7 Å². The summed E-state index contributed by atoms with van der Waals surface area (Å²) in [6.07, 6.45) is -3.90. The highest BCUT2D eigenvalue weighted by Gasteiger charge is 2.38. The fourth-order valence-electron chi connectivity index (χ4n) is 2.38. The first kappa shape index (κ1) is 19.9. The van der Waals surface area contributed by atoms with Gasteiger partial charge in [-0.1, -0.05) is 43.3 Å². The molecule has 1 amide bonds. The van der Waals surface area contributed by atoms with Crippen LogP contribution in [0.2, 0.25) is 0 Å². The Bertz CT molecular complexity index is 739. The molecule has 1 unspecified atom stereocenters. The highest BCUT2D eigenvalue weighted by molar-refractivity contribution is 5.78. The molecule has 2 rings (SSSR count). The van der Waals surface area contributed by atoms with Crippen LogP contribution in [0, 0.1) is 5.92 Å². The van der Waals surface area contributed by atoms with Crippen molar-refractivity contribution in [3.8, 4) is 11.4 Å². The summed E-state index contributed by atoms with van der Waals surface area (Å²) in [4.78, 5) is 17.6. The summed E-state index contributed by atoms with van der Waals surface area (Å²) in [5.74, 6) is -1.47. The number of aromatic nitrogens is 2. The molecule has 1 atom stereocenters. The smallest absolute Gasteiger partial charge is 0.336 e. The Morgan fingerprint density at radius 3 is 2.27 bits per heavy atom. The molecule has 0 saturated carbocycles. The van der Waals surface area contributed by atoms with Crippen LogP contribution in [0.25, 0.3) is 11.4 Å². The molecule has 2 aromatic rings. The zero-order valence-corrected chi connectivity index (χ0v) is 15.2. The van der Waals surface area contributed by atoms with Crippen molar-refractivity contribution < 1.29 is 22.5 Å². The predicted molar refractivity (Wildman–Crippen MR) is 89.9 cm³/mol. The number of hydrogen-bond donors (Lipinski definition) is 0. The van der Waals surface area contributed by atoms with E-state index in [9.17, 15) is 18.0 Å². The number of carbonyl (C=O) groups is 1. The van der Waals surface area contributed by atoms with Crippen LogP contribution in [0.5, 0.6) is 0 Å². The normalized spacial score (nSPS) is 13.1. The van der Waals surface area contributed by atoms with Crippen LogP contribution < -0.4 is 0 Å². The highest BCUT2D eigenvalue weighted by atomic mass is 19.4. The van der Waals surface area contributed by atoms with Crippen molar-refractivity contribution in [1.29, 1.82) is 0 Å². The highest BCUT2D eigenvalue weighted by Crippen LogP contribution is 2.29. The zero-order chi connectivity index (χ0) is 19.5. The predicted octanol–water partition coefficient (Wildman–Crippen LogP) is 4.54. The molecule has 1 heterocycles. The standard InChI is InChI=1S/C18H22F3N3O2/c1-5-12(4)16(25)24(11(2)3)10-13-6-8-14(9-7-13)15-22-17(26-23-15)18(19,20)21/h6-9,11-12H,5,10H2,1-4H3. The van der Waals surface area contributed by atoms with Gasteiger partial charge < -0.3 is 9.42 Å². The van der Waals surface area contributed by atoms with Gasteiger partial charge in [0.05, 0.1) is 0 Å². The third-order valence-corrected chi connectivity index (χ3v) is 4.17. The summed E-state index contributed by atoms with van der Waals surface area (Å²) in [5.41, 5.74) is 1.29. The lowest BCUT2D eigenvalue weighted by atomic mass is 10.0. The molecule has 0 aliphatic heterocycles. The van der Waals surface area contributed by atoms with Crippen LogP contribution in [-0.4, -0.2) is 27.0 Å². The second kappa shape index (κ2) is 7.88. The first-order chi connectivity index (χ1) is 12.1. The van der Waals surface area contributed by atoms with Crippen molar-refractivity contribution in [2.24, 2.45) is 5.92 Å². The zero-order valence-electron chi connectivity index (χ0n) is 15.2. The summed E-state index contributed by atoms with van der Waals surface area (Å²) in [5, 5.41) is 3.36. The van der Waals surface area contributed by atoms with Gasteiger partial charge in [0.15, 0.2) is 0 Å². The van der Waals surface area contributed by atoms with E-state index in [1.807, 2.05) is 27.7 Å². The van der Waals surface area contributed by atoms with Crippen molar-refractivity contribution >= 4 is 5.91 Å². The molecule has 0 saturated heterocycles. The van der Waals surface area contributed by atoms with Crippen molar-refractivity contribution in [3.05, 3.63) is 35.7 Å². The van der Waals surface area contributed by atoms with E-state index in [-0.39, 0.29) is 23.7 Å². The second-order valence-electron chi connectivity index (χ2n) is 6.49. The number of amides is 1. The summed E-state index contributed by atoms with van der Waals surface area (Å²) < 4.78 is 41.9. The molecule has 0 bridgehead atoms. The van der Waals surface area contributed by atoms with Gasteiger partial charge in [0, 0.05) is 24.1 Å². The maximum atomic E-state index is 12.5. The molecule has 8 heteroatoms. The van der Waals surface area contributed by atoms with Gasteiger partial charge in [-0.05, 0) is 25.8 Å². The van der Waals surface area contributed by atoms with Crippen LogP contribution in [0.4, 0.5) is 13.2 Å². The molecule has 0 N–H and O–H groups in total. The van der Waals surface area contributed by atoms with E-state index >= 15 is 0 Å². The summed E-state index contributed by atoms with van der Waals surface area (Å²) in [6.45, 7) is 8.20. The Labute approximate surface area is 150 Å². The van der Waals surface area contributed by atoms with Gasteiger partial charge in [0.1, 0.15) is 0 Å².